The van der Waals surface area contributed by atoms with Gasteiger partial charge in [-0.25, -0.2) is 4.68 Å². The van der Waals surface area contributed by atoms with Crippen LogP contribution in [0.1, 0.15) is 57.1 Å². The van der Waals surface area contributed by atoms with Gasteiger partial charge in [0.15, 0.2) is 20.2 Å². The summed E-state index contributed by atoms with van der Waals surface area (Å²) in [6.07, 6.45) is -7.44. The fraction of sp³-hybridized carbons (Fsp3) is 0.319. The molecular weight excluding hydrogens is 812 g/mol. The third-order valence-electron chi connectivity index (χ3n) is 11.5. The van der Waals surface area contributed by atoms with E-state index in [1.807, 2.05) is 112 Å². The largest absolute Gasteiger partial charge is 0.415 e. The molecule has 2 atom stereocenters. The van der Waals surface area contributed by atoms with E-state index in [9.17, 15) is 27.6 Å². The number of carbonyl (C=O) groups excluding carboxylic acids is 2. The fourth-order valence-corrected chi connectivity index (χ4v) is 8.58. The van der Waals surface area contributed by atoms with E-state index < -0.39 is 67.1 Å². The first-order chi connectivity index (χ1) is 29.3. The summed E-state index contributed by atoms with van der Waals surface area (Å²) in [5.74, 6) is -1.95. The van der Waals surface area contributed by atoms with Crippen LogP contribution < -0.4 is 16.2 Å². The number of hydrogen-bond donors (Lipinski definition) is 2. The van der Waals surface area contributed by atoms with Crippen LogP contribution in [0.25, 0.3) is 11.3 Å². The van der Waals surface area contributed by atoms with Crippen molar-refractivity contribution in [2.75, 3.05) is 5.32 Å². The van der Waals surface area contributed by atoms with E-state index in [4.69, 9.17) is 4.43 Å². The lowest BCUT2D eigenvalue weighted by molar-refractivity contribution is -0.210. The maximum absolute atomic E-state index is 14.8. The van der Waals surface area contributed by atoms with Crippen molar-refractivity contribution in [1.29, 1.82) is 0 Å². The summed E-state index contributed by atoms with van der Waals surface area (Å²) in [6.45, 7) is 11.5. The zero-order valence-electron chi connectivity index (χ0n) is 35.9. The van der Waals surface area contributed by atoms with Gasteiger partial charge in [0, 0.05) is 0 Å². The van der Waals surface area contributed by atoms with Gasteiger partial charge in [-0.3, -0.25) is 19.0 Å². The molecule has 0 fully saturated rings. The molecule has 0 saturated heterocycles. The molecule has 4 aromatic carbocycles. The lowest BCUT2D eigenvalue weighted by atomic mass is 9.77. The van der Waals surface area contributed by atoms with Crippen molar-refractivity contribution in [2.45, 2.75) is 89.6 Å². The number of carbonyl (C=O) groups is 2. The molecule has 2 unspecified atom stereocenters. The normalized spacial score (nSPS) is 13.4. The number of aromatic nitrogens is 5. The first-order valence-electron chi connectivity index (χ1n) is 20.4. The molecule has 0 aliphatic heterocycles. The lowest BCUT2D eigenvalue weighted by Crippen LogP contribution is -2.59. The molecule has 11 nitrogen and oxygen atoms in total. The van der Waals surface area contributed by atoms with Crippen molar-refractivity contribution in [3.05, 3.63) is 166 Å². The zero-order valence-corrected chi connectivity index (χ0v) is 36.9. The minimum Gasteiger partial charge on any atom is -0.404 e. The van der Waals surface area contributed by atoms with Crippen LogP contribution in [0, 0.1) is 5.92 Å². The van der Waals surface area contributed by atoms with Gasteiger partial charge in [-0.2, -0.15) is 13.2 Å². The van der Waals surface area contributed by atoms with E-state index in [0.29, 0.717) is 11.3 Å². The Balaban J connectivity index is 1.34. The van der Waals surface area contributed by atoms with Crippen LogP contribution in [0.3, 0.4) is 0 Å². The number of rotatable bonds is 15. The Labute approximate surface area is 360 Å². The smallest absolute Gasteiger partial charge is 0.404 e. The average molecular weight is 864 g/mol. The minimum absolute atomic E-state index is 0.156. The molecule has 2 amide bonds. The summed E-state index contributed by atoms with van der Waals surface area (Å²) < 4.78 is 53.0. The Morgan fingerprint density at radius 1 is 0.742 bits per heavy atom. The predicted octanol–water partition coefficient (Wildman–Crippen LogP) is 8.62. The van der Waals surface area contributed by atoms with Crippen LogP contribution in [0.2, 0.25) is 18.1 Å². The number of nitrogens with zero attached hydrogens (tertiary/aromatic N) is 5. The van der Waals surface area contributed by atoms with Gasteiger partial charge in [0.25, 0.3) is 5.56 Å². The van der Waals surface area contributed by atoms with E-state index in [2.05, 4.69) is 26.2 Å². The van der Waals surface area contributed by atoms with E-state index in [1.54, 1.807) is 68.0 Å². The topological polar surface area (TPSA) is 133 Å². The van der Waals surface area contributed by atoms with Crippen molar-refractivity contribution in [2.24, 2.45) is 5.92 Å². The summed E-state index contributed by atoms with van der Waals surface area (Å²) in [4.78, 5) is 42.3. The highest BCUT2D eigenvalue weighted by atomic mass is 28.4. The van der Waals surface area contributed by atoms with Crippen LogP contribution in [0.5, 0.6) is 0 Å². The van der Waals surface area contributed by atoms with Gasteiger partial charge < -0.3 is 15.1 Å². The Kier molecular flexibility index (Phi) is 13.5. The molecule has 6 aromatic rings. The zero-order chi connectivity index (χ0) is 44.9. The summed E-state index contributed by atoms with van der Waals surface area (Å²) in [5.41, 5.74) is 1.37. The van der Waals surface area contributed by atoms with Gasteiger partial charge in [-0.1, -0.05) is 156 Å². The molecule has 0 radical (unpaired) electrons. The van der Waals surface area contributed by atoms with E-state index in [0.717, 1.165) is 21.3 Å². The fourth-order valence-electron chi connectivity index (χ4n) is 7.32. The number of nitrogens with one attached hydrogen (secondary N) is 2. The molecule has 6 rings (SSSR count). The van der Waals surface area contributed by atoms with Crippen molar-refractivity contribution < 1.29 is 27.2 Å². The van der Waals surface area contributed by atoms with Gasteiger partial charge in [0.05, 0.1) is 18.2 Å². The van der Waals surface area contributed by atoms with Crippen LogP contribution in [-0.2, 0) is 32.5 Å². The molecule has 2 N–H and O–H groups in total. The van der Waals surface area contributed by atoms with Gasteiger partial charge in [0.1, 0.15) is 17.8 Å². The molecule has 0 saturated carbocycles. The lowest BCUT2D eigenvalue weighted by Gasteiger charge is -2.42. The predicted molar refractivity (Wildman–Crippen MR) is 236 cm³/mol. The first-order valence-corrected chi connectivity index (χ1v) is 23.3. The summed E-state index contributed by atoms with van der Waals surface area (Å²) >= 11 is 0. The van der Waals surface area contributed by atoms with Crippen LogP contribution >= 0.6 is 0 Å². The van der Waals surface area contributed by atoms with Gasteiger partial charge in [-0.05, 0) is 68.9 Å². The first kappa shape index (κ1) is 45.3. The van der Waals surface area contributed by atoms with Crippen molar-refractivity contribution >= 4 is 25.8 Å². The highest BCUT2D eigenvalue weighted by Gasteiger charge is 2.52. The van der Waals surface area contributed by atoms with Crippen molar-refractivity contribution in [1.82, 2.24) is 30.1 Å². The van der Waals surface area contributed by atoms with Crippen LogP contribution in [0.15, 0.2) is 138 Å². The Morgan fingerprint density at radius 3 is 1.71 bits per heavy atom. The van der Waals surface area contributed by atoms with Crippen LogP contribution in [-0.4, -0.2) is 63.2 Å². The molecule has 2 aromatic heterocycles. The van der Waals surface area contributed by atoms with E-state index in [1.165, 1.54) is 6.07 Å². The Bertz CT molecular complexity index is 2410. The second kappa shape index (κ2) is 18.4. The molecule has 62 heavy (non-hydrogen) atoms. The summed E-state index contributed by atoms with van der Waals surface area (Å²) in [7, 11) is -2.97. The van der Waals surface area contributed by atoms with Gasteiger partial charge in [0.2, 0.25) is 11.8 Å². The number of amides is 2. The number of pyridine rings is 1. The maximum atomic E-state index is 14.8. The number of benzene rings is 4. The third kappa shape index (κ3) is 9.63. The number of anilines is 1. The second-order valence-electron chi connectivity index (χ2n) is 17.1. The van der Waals surface area contributed by atoms with Gasteiger partial charge in [-0.15, -0.1) is 5.10 Å². The molecule has 2 heterocycles. The Morgan fingerprint density at radius 2 is 1.24 bits per heavy atom. The third-order valence-corrected chi connectivity index (χ3v) is 15.9. The molecule has 15 heteroatoms. The molecule has 0 aliphatic rings. The SMILES string of the molecule is CC(C)C(NC(=O)Cn1c(-c2ccccc2)ccc(NC(=O)Cc2nnnn2C(c2ccccc2)(c2ccccc2)c2ccccc2)c1=O)C(O[Si](C)(C)C(C)(C)C)C(F)(F)F. The van der Waals surface area contributed by atoms with Crippen LogP contribution in [0.4, 0.5) is 18.9 Å². The highest BCUT2D eigenvalue weighted by molar-refractivity contribution is 6.74. The second-order valence-corrected chi connectivity index (χ2v) is 21.9. The number of alkyl halides is 3. The maximum Gasteiger partial charge on any atom is 0.415 e. The summed E-state index contributed by atoms with van der Waals surface area (Å²) in [6, 6.07) is 39.3. The monoisotopic (exact) mass is 863 g/mol. The van der Waals surface area contributed by atoms with E-state index >= 15 is 0 Å². The van der Waals surface area contributed by atoms with Crippen molar-refractivity contribution in [3.8, 4) is 11.3 Å². The molecule has 0 aliphatic carbocycles. The van der Waals surface area contributed by atoms with E-state index in [-0.39, 0.29) is 17.9 Å². The average Bonchev–Trinajstić information content (AvgIpc) is 3.69. The standard InChI is InChI=1S/C47H52F3N7O4Si/c1-32(2)42(43(47(48,49)50)61-62(6,7)45(3,4)5)52-41(59)31-56-38(33-20-12-8-13-21-33)29-28-37(44(56)60)51-40(58)30-39-53-54-55-57(39)46(34-22-14-9-15-23-34,35-24-16-10-17-25-35)36-26-18-11-19-27-36/h8-29,32,42-43H,30-31H2,1-7H3,(H,51,58)(H,52,59). The molecule has 324 valence electrons. The Hall–Kier alpha value is -6.19. The van der Waals surface area contributed by atoms with Crippen molar-refractivity contribution in [3.63, 3.8) is 0 Å². The highest BCUT2D eigenvalue weighted by Crippen LogP contribution is 2.42. The minimum atomic E-state index is -4.79. The molecule has 0 spiro atoms. The molecular formula is C47H52F3N7O4Si. The quantitative estimate of drug-likeness (QED) is 0.0781. The number of hydrogen-bond acceptors (Lipinski definition) is 7. The molecule has 0 bridgehead atoms. The summed E-state index contributed by atoms with van der Waals surface area (Å²) in [5, 5.41) is 17.5. The van der Waals surface area contributed by atoms with Gasteiger partial charge >= 0.3 is 6.18 Å². The number of tetrazole rings is 1. The number of halogens is 3.